The van der Waals surface area contributed by atoms with Crippen LogP contribution in [-0.4, -0.2) is 24.5 Å². The number of benzene rings is 9. The lowest BCUT2D eigenvalue weighted by molar-refractivity contribution is 1.06. The van der Waals surface area contributed by atoms with E-state index in [9.17, 15) is 0 Å². The van der Waals surface area contributed by atoms with Crippen LogP contribution in [0.2, 0.25) is 0 Å². The van der Waals surface area contributed by atoms with Gasteiger partial charge in [0.15, 0.2) is 17.5 Å². The van der Waals surface area contributed by atoms with E-state index in [-0.39, 0.29) is 0 Å². The average Bonchev–Trinajstić information content (AvgIpc) is 3.96. The third-order valence-electron chi connectivity index (χ3n) is 12.8. The van der Waals surface area contributed by atoms with Gasteiger partial charge in [0.05, 0.1) is 16.7 Å². The van der Waals surface area contributed by atoms with Gasteiger partial charge in [0.25, 0.3) is 0 Å². The molecule has 4 heterocycles. The van der Waals surface area contributed by atoms with E-state index in [1.807, 2.05) is 72.0 Å². The van der Waals surface area contributed by atoms with Gasteiger partial charge < -0.3 is 4.57 Å². The van der Waals surface area contributed by atoms with E-state index in [0.29, 0.717) is 23.2 Å². The first-order valence-corrected chi connectivity index (χ1v) is 23.6. The first-order chi connectivity index (χ1) is 33.7. The first kappa shape index (κ1) is 39.5. The quantitative estimate of drug-likeness (QED) is 0.153. The van der Waals surface area contributed by atoms with Crippen LogP contribution in [0.3, 0.4) is 0 Å². The van der Waals surface area contributed by atoms with E-state index >= 15 is 0 Å². The Morgan fingerprint density at radius 1 is 0.309 bits per heavy atom. The first-order valence-electron chi connectivity index (χ1n) is 22.8. The van der Waals surface area contributed by atoms with Crippen molar-refractivity contribution >= 4 is 53.3 Å². The minimum absolute atomic E-state index is 0.504. The Morgan fingerprint density at radius 2 is 0.838 bits per heavy atom. The van der Waals surface area contributed by atoms with Gasteiger partial charge in [0.2, 0.25) is 0 Å². The Morgan fingerprint density at radius 3 is 1.47 bits per heavy atom. The van der Waals surface area contributed by atoms with Gasteiger partial charge in [-0.2, -0.15) is 0 Å². The number of hydrogen-bond acceptors (Lipinski definition) is 5. The normalized spacial score (nSPS) is 11.5. The van der Waals surface area contributed by atoms with Crippen molar-refractivity contribution in [3.8, 4) is 84.6 Å². The molecule has 0 radical (unpaired) electrons. The molecule has 9 aromatic carbocycles. The summed E-state index contributed by atoms with van der Waals surface area (Å²) in [6, 6.07) is 83.3. The van der Waals surface area contributed by atoms with Crippen molar-refractivity contribution in [3.05, 3.63) is 237 Å². The van der Waals surface area contributed by atoms with Crippen molar-refractivity contribution in [2.45, 2.75) is 0 Å². The fraction of sp³-hybridized carbons (Fsp3) is 0. The number of rotatable bonds is 8. The average molecular weight is 886 g/mol. The lowest BCUT2D eigenvalue weighted by Gasteiger charge is -2.15. The summed E-state index contributed by atoms with van der Waals surface area (Å²) in [5, 5.41) is 4.88. The zero-order valence-corrected chi connectivity index (χ0v) is 37.5. The van der Waals surface area contributed by atoms with E-state index in [1.54, 1.807) is 0 Å². The van der Waals surface area contributed by atoms with Gasteiger partial charge in [-0.05, 0) is 82.9 Å². The maximum atomic E-state index is 5.65. The molecule has 0 aliphatic rings. The highest BCUT2D eigenvalue weighted by Gasteiger charge is 2.22. The maximum Gasteiger partial charge on any atom is 0.183 e. The number of nitrogens with zero attached hydrogens (tertiary/aromatic N) is 5. The molecule has 0 saturated carbocycles. The van der Waals surface area contributed by atoms with E-state index < -0.39 is 0 Å². The summed E-state index contributed by atoms with van der Waals surface area (Å²) < 4.78 is 4.80. The Bertz CT molecular complexity index is 3880. The SMILES string of the molecule is c1ccc(-c2cc(-c3ccccc3)cc(-c3ccc(-c4cccc5c4sc4cc6c7ccccc7n(-c7ccccc7)c6cc45)c(-c4nc(-c5ccccc5)nc(-c5ccccc5)n4)n3)c2)cc1. The van der Waals surface area contributed by atoms with E-state index in [1.165, 1.54) is 42.0 Å². The zero-order chi connectivity index (χ0) is 45.0. The van der Waals surface area contributed by atoms with Crippen molar-refractivity contribution in [2.24, 2.45) is 0 Å². The van der Waals surface area contributed by atoms with Gasteiger partial charge in [0, 0.05) is 64.4 Å². The van der Waals surface area contributed by atoms with Crippen LogP contribution in [0, 0.1) is 0 Å². The minimum Gasteiger partial charge on any atom is -0.309 e. The molecule has 0 aliphatic carbocycles. The van der Waals surface area contributed by atoms with Crippen LogP contribution in [0.4, 0.5) is 0 Å². The van der Waals surface area contributed by atoms with Crippen LogP contribution in [0.25, 0.3) is 127 Å². The highest BCUT2D eigenvalue weighted by atomic mass is 32.1. The van der Waals surface area contributed by atoms with Crippen molar-refractivity contribution in [3.63, 3.8) is 0 Å². The summed E-state index contributed by atoms with van der Waals surface area (Å²) in [4.78, 5) is 21.3. The van der Waals surface area contributed by atoms with Gasteiger partial charge in [-0.15, -0.1) is 11.3 Å². The predicted octanol–water partition coefficient (Wildman–Crippen LogP) is 16.4. The summed E-state index contributed by atoms with van der Waals surface area (Å²) in [5.74, 6) is 1.68. The van der Waals surface area contributed by atoms with E-state index in [2.05, 4.69) is 180 Å². The molecule has 68 heavy (non-hydrogen) atoms. The largest absolute Gasteiger partial charge is 0.309 e. The van der Waals surface area contributed by atoms with Crippen LogP contribution in [0.1, 0.15) is 0 Å². The summed E-state index contributed by atoms with van der Waals surface area (Å²) in [6.45, 7) is 0. The number of fused-ring (bicyclic) bond motifs is 6. The second-order valence-corrected chi connectivity index (χ2v) is 18.1. The van der Waals surface area contributed by atoms with E-state index in [4.69, 9.17) is 19.9 Å². The summed E-state index contributed by atoms with van der Waals surface area (Å²) in [5.41, 5.74) is 14.3. The molecule has 4 aromatic heterocycles. The van der Waals surface area contributed by atoms with Crippen LogP contribution < -0.4 is 0 Å². The number of hydrogen-bond donors (Lipinski definition) is 0. The van der Waals surface area contributed by atoms with Crippen molar-refractivity contribution in [2.75, 3.05) is 0 Å². The Kier molecular flexibility index (Phi) is 9.62. The second-order valence-electron chi connectivity index (χ2n) is 17.0. The van der Waals surface area contributed by atoms with Gasteiger partial charge in [-0.25, -0.2) is 19.9 Å². The molecule has 0 fully saturated rings. The molecule has 0 spiro atoms. The molecule has 0 bridgehead atoms. The van der Waals surface area contributed by atoms with Crippen molar-refractivity contribution in [1.29, 1.82) is 0 Å². The van der Waals surface area contributed by atoms with Crippen molar-refractivity contribution < 1.29 is 0 Å². The van der Waals surface area contributed by atoms with Gasteiger partial charge in [0.1, 0.15) is 5.69 Å². The molecule has 0 saturated heterocycles. The number of aromatic nitrogens is 5. The molecule has 0 N–H and O–H groups in total. The molecule has 5 nitrogen and oxygen atoms in total. The predicted molar refractivity (Wildman–Crippen MR) is 283 cm³/mol. The summed E-state index contributed by atoms with van der Waals surface area (Å²) in [6.07, 6.45) is 0. The van der Waals surface area contributed by atoms with Gasteiger partial charge in [-0.3, -0.25) is 0 Å². The molecule has 0 amide bonds. The Labute approximate surface area is 397 Å². The zero-order valence-electron chi connectivity index (χ0n) is 36.7. The van der Waals surface area contributed by atoms with Gasteiger partial charge in [-0.1, -0.05) is 176 Å². The molecular formula is C62H39N5S. The maximum absolute atomic E-state index is 5.65. The van der Waals surface area contributed by atoms with Crippen LogP contribution in [0.5, 0.6) is 0 Å². The highest BCUT2D eigenvalue weighted by Crippen LogP contribution is 2.46. The Balaban J connectivity index is 1.07. The molecule has 318 valence electrons. The molecule has 0 unspecified atom stereocenters. The molecular weight excluding hydrogens is 847 g/mol. The number of thiophene rings is 1. The Hall–Kier alpha value is -8.84. The topological polar surface area (TPSA) is 56.5 Å². The lowest BCUT2D eigenvalue weighted by atomic mass is 9.94. The molecule has 0 atom stereocenters. The second kappa shape index (κ2) is 16.5. The molecule has 0 aliphatic heterocycles. The fourth-order valence-electron chi connectivity index (χ4n) is 9.62. The third-order valence-corrected chi connectivity index (χ3v) is 14.0. The number of pyridine rings is 1. The highest BCUT2D eigenvalue weighted by molar-refractivity contribution is 7.26. The summed E-state index contributed by atoms with van der Waals surface area (Å²) in [7, 11) is 0. The summed E-state index contributed by atoms with van der Waals surface area (Å²) >= 11 is 1.83. The minimum atomic E-state index is 0.504. The molecule has 13 aromatic rings. The third kappa shape index (κ3) is 6.94. The van der Waals surface area contributed by atoms with Gasteiger partial charge >= 0.3 is 0 Å². The lowest BCUT2D eigenvalue weighted by Crippen LogP contribution is -2.03. The van der Waals surface area contributed by atoms with Crippen LogP contribution in [0.15, 0.2) is 237 Å². The standard InChI is InChI=1S/C62H39N5S/c1-6-19-40(20-7-1)44-35-45(41-21-8-2-9-22-41)37-46(36-44)54-34-33-49(58(63-54)62-65-60(42-23-10-3-11-24-42)64-61(66-62)43-25-12-4-13-26-43)50-30-18-31-51-53-38-56-52(39-57(53)68-59(50)51)48-29-16-17-32-55(48)67(56)47-27-14-5-15-28-47/h1-39H. The monoisotopic (exact) mass is 885 g/mol. The van der Waals surface area contributed by atoms with Crippen LogP contribution in [-0.2, 0) is 0 Å². The van der Waals surface area contributed by atoms with Crippen molar-refractivity contribution in [1.82, 2.24) is 24.5 Å². The molecule has 13 rings (SSSR count). The molecule has 6 heteroatoms. The number of para-hydroxylation sites is 2. The van der Waals surface area contributed by atoms with E-state index in [0.717, 1.165) is 61.5 Å². The van der Waals surface area contributed by atoms with Crippen LogP contribution >= 0.6 is 11.3 Å². The fourth-order valence-corrected chi connectivity index (χ4v) is 10.9. The smallest absolute Gasteiger partial charge is 0.183 e.